The first-order valence-electron chi connectivity index (χ1n) is 9.65. The largest absolute Gasteiger partial charge is 0.329 e. The van der Waals surface area contributed by atoms with Crippen LogP contribution in [0.4, 0.5) is 0 Å². The molecule has 0 unspecified atom stereocenters. The average Bonchev–Trinajstić information content (AvgIpc) is 3.04. The van der Waals surface area contributed by atoms with E-state index < -0.39 is 0 Å². The summed E-state index contributed by atoms with van der Waals surface area (Å²) in [5.41, 5.74) is 9.57. The first-order valence-corrected chi connectivity index (χ1v) is 9.65. The Labute approximate surface area is 164 Å². The molecular weight excluding hydrogens is 352 g/mol. The maximum Gasteiger partial charge on any atom is 0.269 e. The zero-order chi connectivity index (χ0) is 20.1. The lowest BCUT2D eigenvalue weighted by Gasteiger charge is -2.08. The molecule has 3 rings (SSSR count). The number of hydrazine groups is 1. The van der Waals surface area contributed by atoms with Crippen LogP contribution in [0, 0.1) is 6.92 Å². The summed E-state index contributed by atoms with van der Waals surface area (Å²) < 4.78 is 2.09. The molecule has 1 aromatic heterocycles. The quantitative estimate of drug-likeness (QED) is 0.646. The van der Waals surface area contributed by atoms with Gasteiger partial charge in [-0.2, -0.15) is 0 Å². The van der Waals surface area contributed by atoms with Crippen molar-refractivity contribution in [2.24, 2.45) is 0 Å². The fraction of sp³-hybridized carbons (Fsp3) is 0.318. The Bertz CT molecular complexity index is 990. The highest BCUT2D eigenvalue weighted by Gasteiger charge is 2.12. The zero-order valence-corrected chi connectivity index (χ0v) is 16.6. The van der Waals surface area contributed by atoms with Gasteiger partial charge in [-0.3, -0.25) is 20.4 Å². The number of benzene rings is 2. The number of amides is 2. The third-order valence-electron chi connectivity index (χ3n) is 4.90. The minimum Gasteiger partial charge on any atom is -0.329 e. The van der Waals surface area contributed by atoms with Crippen LogP contribution in [0.1, 0.15) is 47.6 Å². The Kier molecular flexibility index (Phi) is 6.09. The molecule has 1 heterocycles. The fourth-order valence-electron chi connectivity index (χ4n) is 3.25. The van der Waals surface area contributed by atoms with Gasteiger partial charge in [0.15, 0.2) is 0 Å². The standard InChI is InChI=1S/C22H26N4O2/c1-4-16-6-8-17(9-7-16)10-13-21(27)24-25-22(28)18-11-12-20-19(14-18)23-15(3)26(20)5-2/h6-9,11-12,14H,4-5,10,13H2,1-3H3,(H,24,27)(H,25,28). The van der Waals surface area contributed by atoms with Crippen molar-refractivity contribution < 1.29 is 9.59 Å². The van der Waals surface area contributed by atoms with Crippen molar-refractivity contribution in [3.05, 3.63) is 65.0 Å². The lowest BCUT2D eigenvalue weighted by molar-refractivity contribution is -0.121. The predicted molar refractivity (Wildman–Crippen MR) is 110 cm³/mol. The number of fused-ring (bicyclic) bond motifs is 1. The summed E-state index contributed by atoms with van der Waals surface area (Å²) in [7, 11) is 0. The SMILES string of the molecule is CCc1ccc(CCC(=O)NNC(=O)c2ccc3c(c2)nc(C)n3CC)cc1. The van der Waals surface area contributed by atoms with Crippen molar-refractivity contribution in [3.8, 4) is 0 Å². The first kappa shape index (κ1) is 19.6. The van der Waals surface area contributed by atoms with Gasteiger partial charge in [-0.05, 0) is 56.0 Å². The van der Waals surface area contributed by atoms with Gasteiger partial charge in [0.1, 0.15) is 5.82 Å². The number of aromatic nitrogens is 2. The topological polar surface area (TPSA) is 76.0 Å². The van der Waals surface area contributed by atoms with E-state index in [2.05, 4.69) is 46.4 Å². The number of carbonyl (C=O) groups is 2. The maximum atomic E-state index is 12.3. The van der Waals surface area contributed by atoms with Gasteiger partial charge in [0.05, 0.1) is 11.0 Å². The van der Waals surface area contributed by atoms with Crippen molar-refractivity contribution >= 4 is 22.8 Å². The average molecular weight is 378 g/mol. The number of hydrogen-bond donors (Lipinski definition) is 2. The van der Waals surface area contributed by atoms with Crippen molar-refractivity contribution in [3.63, 3.8) is 0 Å². The third-order valence-corrected chi connectivity index (χ3v) is 4.90. The summed E-state index contributed by atoms with van der Waals surface area (Å²) in [6.45, 7) is 6.94. The lowest BCUT2D eigenvalue weighted by Crippen LogP contribution is -2.41. The third kappa shape index (κ3) is 4.39. The Morgan fingerprint density at radius 3 is 2.39 bits per heavy atom. The summed E-state index contributed by atoms with van der Waals surface area (Å²) in [4.78, 5) is 28.9. The summed E-state index contributed by atoms with van der Waals surface area (Å²) in [6.07, 6.45) is 1.94. The molecule has 0 aliphatic carbocycles. The molecule has 0 radical (unpaired) electrons. The lowest BCUT2D eigenvalue weighted by atomic mass is 10.1. The number of imidazole rings is 1. The number of nitrogens with one attached hydrogen (secondary N) is 2. The molecule has 146 valence electrons. The molecule has 2 aromatic carbocycles. The summed E-state index contributed by atoms with van der Waals surface area (Å²) in [5.74, 6) is 0.335. The molecule has 0 spiro atoms. The number of aryl methyl sites for hydroxylation is 4. The Morgan fingerprint density at radius 1 is 1.00 bits per heavy atom. The first-order chi connectivity index (χ1) is 13.5. The Balaban J connectivity index is 1.54. The molecule has 2 amide bonds. The monoisotopic (exact) mass is 378 g/mol. The van der Waals surface area contributed by atoms with Crippen molar-refractivity contribution in [2.45, 2.75) is 46.6 Å². The molecular formula is C22H26N4O2. The van der Waals surface area contributed by atoms with E-state index in [0.717, 1.165) is 35.4 Å². The molecule has 0 aliphatic rings. The van der Waals surface area contributed by atoms with Gasteiger partial charge in [0.25, 0.3) is 5.91 Å². The number of rotatable bonds is 6. The van der Waals surface area contributed by atoms with E-state index in [-0.39, 0.29) is 11.8 Å². The molecule has 0 saturated carbocycles. The Hall–Kier alpha value is -3.15. The Morgan fingerprint density at radius 2 is 1.71 bits per heavy atom. The molecule has 3 aromatic rings. The van der Waals surface area contributed by atoms with Crippen LogP contribution in [0.5, 0.6) is 0 Å². The smallest absolute Gasteiger partial charge is 0.269 e. The fourth-order valence-corrected chi connectivity index (χ4v) is 3.25. The van der Waals surface area contributed by atoms with Gasteiger partial charge in [0, 0.05) is 18.5 Å². The van der Waals surface area contributed by atoms with Gasteiger partial charge >= 0.3 is 0 Å². The highest BCUT2D eigenvalue weighted by Crippen LogP contribution is 2.17. The van der Waals surface area contributed by atoms with Crippen LogP contribution in [0.2, 0.25) is 0 Å². The van der Waals surface area contributed by atoms with E-state index in [4.69, 9.17) is 0 Å². The second kappa shape index (κ2) is 8.69. The van der Waals surface area contributed by atoms with Crippen molar-refractivity contribution in [1.82, 2.24) is 20.4 Å². The van der Waals surface area contributed by atoms with Crippen LogP contribution in [0.25, 0.3) is 11.0 Å². The number of carbonyl (C=O) groups excluding carboxylic acids is 2. The second-order valence-corrected chi connectivity index (χ2v) is 6.78. The van der Waals surface area contributed by atoms with Crippen LogP contribution in [0.15, 0.2) is 42.5 Å². The molecule has 6 heteroatoms. The second-order valence-electron chi connectivity index (χ2n) is 6.78. The van der Waals surface area contributed by atoms with E-state index in [9.17, 15) is 9.59 Å². The van der Waals surface area contributed by atoms with E-state index in [1.165, 1.54) is 5.56 Å². The number of nitrogens with zero attached hydrogens (tertiary/aromatic N) is 2. The summed E-state index contributed by atoms with van der Waals surface area (Å²) >= 11 is 0. The minimum atomic E-state index is -0.355. The van der Waals surface area contributed by atoms with E-state index >= 15 is 0 Å². The zero-order valence-electron chi connectivity index (χ0n) is 16.6. The molecule has 0 aliphatic heterocycles. The van der Waals surface area contributed by atoms with Gasteiger partial charge in [-0.15, -0.1) is 0 Å². The van der Waals surface area contributed by atoms with Crippen molar-refractivity contribution in [1.29, 1.82) is 0 Å². The van der Waals surface area contributed by atoms with Gasteiger partial charge in [0.2, 0.25) is 5.91 Å². The maximum absolute atomic E-state index is 12.3. The van der Waals surface area contributed by atoms with E-state index in [1.807, 2.05) is 25.1 Å². The van der Waals surface area contributed by atoms with Crippen LogP contribution < -0.4 is 10.9 Å². The van der Waals surface area contributed by atoms with Crippen LogP contribution in [-0.2, 0) is 24.2 Å². The molecule has 28 heavy (non-hydrogen) atoms. The van der Waals surface area contributed by atoms with Crippen molar-refractivity contribution in [2.75, 3.05) is 0 Å². The summed E-state index contributed by atoms with van der Waals surface area (Å²) in [5, 5.41) is 0. The molecule has 0 bridgehead atoms. The molecule has 0 saturated heterocycles. The van der Waals surface area contributed by atoms with Gasteiger partial charge in [-0.25, -0.2) is 4.98 Å². The highest BCUT2D eigenvalue weighted by molar-refractivity contribution is 5.98. The van der Waals surface area contributed by atoms with Crippen LogP contribution in [-0.4, -0.2) is 21.4 Å². The number of hydrogen-bond acceptors (Lipinski definition) is 3. The van der Waals surface area contributed by atoms with Crippen LogP contribution >= 0.6 is 0 Å². The molecule has 0 fully saturated rings. The van der Waals surface area contributed by atoms with Gasteiger partial charge in [-0.1, -0.05) is 31.2 Å². The van der Waals surface area contributed by atoms with Crippen LogP contribution in [0.3, 0.4) is 0 Å². The predicted octanol–water partition coefficient (Wildman–Crippen LogP) is 3.32. The molecule has 0 atom stereocenters. The molecule has 6 nitrogen and oxygen atoms in total. The molecule has 2 N–H and O–H groups in total. The van der Waals surface area contributed by atoms with E-state index in [1.54, 1.807) is 12.1 Å². The highest BCUT2D eigenvalue weighted by atomic mass is 16.2. The normalized spacial score (nSPS) is 10.8. The van der Waals surface area contributed by atoms with Gasteiger partial charge < -0.3 is 4.57 Å². The summed E-state index contributed by atoms with van der Waals surface area (Å²) in [6, 6.07) is 13.6. The van der Waals surface area contributed by atoms with E-state index in [0.29, 0.717) is 18.4 Å². The minimum absolute atomic E-state index is 0.222.